The number of ether oxygens (including phenoxy) is 1. The van der Waals surface area contributed by atoms with Gasteiger partial charge >= 0.3 is 5.97 Å². The smallest absolute Gasteiger partial charge is 0.330 e. The third kappa shape index (κ3) is 6.90. The second-order valence-electron chi connectivity index (χ2n) is 2.46. The molecule has 0 radical (unpaired) electrons. The first-order valence-corrected chi connectivity index (χ1v) is 3.99. The van der Waals surface area contributed by atoms with E-state index in [1.807, 2.05) is 0 Å². The SMILES string of the molecule is C=CC(=O)OCCNC(=O)CC(=C)O. The van der Waals surface area contributed by atoms with Crippen LogP contribution in [-0.2, 0) is 14.3 Å². The van der Waals surface area contributed by atoms with Gasteiger partial charge in [-0.15, -0.1) is 0 Å². The molecule has 2 N–H and O–H groups in total. The van der Waals surface area contributed by atoms with Crippen molar-refractivity contribution >= 4 is 11.9 Å². The number of carbonyl (C=O) groups excluding carboxylic acids is 2. The second kappa shape index (κ2) is 6.71. The summed E-state index contributed by atoms with van der Waals surface area (Å²) < 4.78 is 4.59. The summed E-state index contributed by atoms with van der Waals surface area (Å²) >= 11 is 0. The lowest BCUT2D eigenvalue weighted by molar-refractivity contribution is -0.138. The van der Waals surface area contributed by atoms with Crippen LogP contribution in [0.2, 0.25) is 0 Å². The van der Waals surface area contributed by atoms with Gasteiger partial charge in [0, 0.05) is 6.08 Å². The Bertz CT molecular complexity index is 247. The standard InChI is InChI=1S/C9H13NO4/c1-3-9(13)14-5-4-10-8(12)6-7(2)11/h3,11H,1-2,4-6H2,(H,10,12). The van der Waals surface area contributed by atoms with E-state index in [1.54, 1.807) is 0 Å². The molecule has 78 valence electrons. The average molecular weight is 199 g/mol. The van der Waals surface area contributed by atoms with Crippen molar-refractivity contribution in [1.82, 2.24) is 5.32 Å². The number of hydrogen-bond acceptors (Lipinski definition) is 4. The van der Waals surface area contributed by atoms with Crippen molar-refractivity contribution in [3.63, 3.8) is 0 Å². The van der Waals surface area contributed by atoms with E-state index < -0.39 is 5.97 Å². The molecule has 1 amide bonds. The molecule has 0 rings (SSSR count). The van der Waals surface area contributed by atoms with E-state index in [-0.39, 0.29) is 31.2 Å². The Hall–Kier alpha value is -1.78. The highest BCUT2D eigenvalue weighted by molar-refractivity contribution is 5.81. The monoisotopic (exact) mass is 199 g/mol. The first-order valence-electron chi connectivity index (χ1n) is 3.99. The molecular formula is C9H13NO4. The van der Waals surface area contributed by atoms with E-state index >= 15 is 0 Å². The fourth-order valence-corrected chi connectivity index (χ4v) is 0.649. The van der Waals surface area contributed by atoms with E-state index in [0.29, 0.717) is 0 Å². The van der Waals surface area contributed by atoms with Crippen molar-refractivity contribution in [3.05, 3.63) is 25.0 Å². The molecule has 0 aliphatic heterocycles. The molecule has 0 unspecified atom stereocenters. The van der Waals surface area contributed by atoms with Gasteiger partial charge in [-0.2, -0.15) is 0 Å². The second-order valence-corrected chi connectivity index (χ2v) is 2.46. The average Bonchev–Trinajstić information content (AvgIpc) is 2.10. The number of aliphatic hydroxyl groups is 1. The number of aliphatic hydroxyl groups excluding tert-OH is 1. The number of carbonyl (C=O) groups is 2. The van der Waals surface area contributed by atoms with Crippen LogP contribution < -0.4 is 5.32 Å². The van der Waals surface area contributed by atoms with Gasteiger partial charge in [-0.3, -0.25) is 4.79 Å². The Morgan fingerprint density at radius 3 is 2.64 bits per heavy atom. The van der Waals surface area contributed by atoms with Crippen molar-refractivity contribution in [2.45, 2.75) is 6.42 Å². The predicted octanol–water partition coefficient (Wildman–Crippen LogP) is 0.294. The molecule has 0 heterocycles. The number of rotatable bonds is 6. The molecule has 0 bridgehead atoms. The predicted molar refractivity (Wildman–Crippen MR) is 50.6 cm³/mol. The van der Waals surface area contributed by atoms with E-state index in [4.69, 9.17) is 5.11 Å². The van der Waals surface area contributed by atoms with Crippen molar-refractivity contribution in [2.75, 3.05) is 13.2 Å². The van der Waals surface area contributed by atoms with Gasteiger partial charge in [-0.25, -0.2) is 4.79 Å². The Balaban J connectivity index is 3.45. The highest BCUT2D eigenvalue weighted by Gasteiger charge is 2.02. The molecule has 14 heavy (non-hydrogen) atoms. The summed E-state index contributed by atoms with van der Waals surface area (Å²) in [6.45, 7) is 6.65. The molecule has 0 aliphatic rings. The number of esters is 1. The highest BCUT2D eigenvalue weighted by atomic mass is 16.5. The molecule has 0 atom stereocenters. The maximum absolute atomic E-state index is 10.9. The molecule has 0 aromatic carbocycles. The summed E-state index contributed by atoms with van der Waals surface area (Å²) in [5.74, 6) is -1.11. The number of hydrogen-bond donors (Lipinski definition) is 2. The Kier molecular flexibility index (Phi) is 5.85. The van der Waals surface area contributed by atoms with Gasteiger partial charge in [0.2, 0.25) is 5.91 Å². The van der Waals surface area contributed by atoms with Crippen LogP contribution >= 0.6 is 0 Å². The molecule has 0 fully saturated rings. The minimum absolute atomic E-state index is 0.0779. The summed E-state index contributed by atoms with van der Waals surface area (Å²) in [7, 11) is 0. The summed E-state index contributed by atoms with van der Waals surface area (Å²) in [5.41, 5.74) is 0. The molecule has 5 nitrogen and oxygen atoms in total. The van der Waals surface area contributed by atoms with Crippen LogP contribution in [0.15, 0.2) is 25.0 Å². The maximum Gasteiger partial charge on any atom is 0.330 e. The minimum atomic E-state index is -0.536. The van der Waals surface area contributed by atoms with Crippen molar-refractivity contribution in [3.8, 4) is 0 Å². The summed E-state index contributed by atoms with van der Waals surface area (Å²) in [5, 5.41) is 11.1. The number of nitrogens with one attached hydrogen (secondary N) is 1. The maximum atomic E-state index is 10.9. The van der Waals surface area contributed by atoms with Gasteiger partial charge in [0.25, 0.3) is 0 Å². The zero-order valence-electron chi connectivity index (χ0n) is 7.78. The van der Waals surface area contributed by atoms with Gasteiger partial charge in [-0.05, 0) is 0 Å². The van der Waals surface area contributed by atoms with Crippen LogP contribution in [0.3, 0.4) is 0 Å². The molecule has 0 spiro atoms. The van der Waals surface area contributed by atoms with Gasteiger partial charge in [0.15, 0.2) is 0 Å². The summed E-state index contributed by atoms with van der Waals surface area (Å²) in [4.78, 5) is 21.4. The van der Waals surface area contributed by atoms with Crippen molar-refractivity contribution in [2.24, 2.45) is 0 Å². The van der Waals surface area contributed by atoms with Crippen molar-refractivity contribution in [1.29, 1.82) is 0 Å². The Labute approximate surface area is 82.1 Å². The van der Waals surface area contributed by atoms with E-state index in [2.05, 4.69) is 23.2 Å². The van der Waals surface area contributed by atoms with E-state index in [9.17, 15) is 9.59 Å². The first-order chi connectivity index (χ1) is 6.56. The van der Waals surface area contributed by atoms with Crippen LogP contribution in [0.4, 0.5) is 0 Å². The topological polar surface area (TPSA) is 75.6 Å². The molecule has 0 saturated heterocycles. The van der Waals surface area contributed by atoms with Crippen molar-refractivity contribution < 1.29 is 19.4 Å². The lowest BCUT2D eigenvalue weighted by Gasteiger charge is -2.04. The lowest BCUT2D eigenvalue weighted by Crippen LogP contribution is -2.27. The molecule has 0 aromatic rings. The Morgan fingerprint density at radius 1 is 1.50 bits per heavy atom. The zero-order valence-corrected chi connectivity index (χ0v) is 7.78. The highest BCUT2D eigenvalue weighted by Crippen LogP contribution is 1.89. The van der Waals surface area contributed by atoms with Gasteiger partial charge < -0.3 is 15.2 Å². The summed E-state index contributed by atoms with van der Waals surface area (Å²) in [6, 6.07) is 0. The first kappa shape index (κ1) is 12.2. The molecule has 5 heteroatoms. The largest absolute Gasteiger partial charge is 0.512 e. The Morgan fingerprint density at radius 2 is 2.14 bits per heavy atom. The molecule has 0 aromatic heterocycles. The molecular weight excluding hydrogens is 186 g/mol. The normalized spacial score (nSPS) is 8.86. The van der Waals surface area contributed by atoms with Gasteiger partial charge in [0.1, 0.15) is 6.61 Å². The third-order valence-corrected chi connectivity index (χ3v) is 1.20. The lowest BCUT2D eigenvalue weighted by atomic mass is 10.3. The van der Waals surface area contributed by atoms with Crippen LogP contribution in [0.5, 0.6) is 0 Å². The fraction of sp³-hybridized carbons (Fsp3) is 0.333. The quantitative estimate of drug-likeness (QED) is 0.279. The van der Waals surface area contributed by atoms with Gasteiger partial charge in [0.05, 0.1) is 18.7 Å². The van der Waals surface area contributed by atoms with Gasteiger partial charge in [-0.1, -0.05) is 13.2 Å². The summed E-state index contributed by atoms with van der Waals surface area (Å²) in [6.07, 6.45) is 0.896. The van der Waals surface area contributed by atoms with Crippen LogP contribution in [0.25, 0.3) is 0 Å². The zero-order chi connectivity index (χ0) is 11.0. The van der Waals surface area contributed by atoms with Crippen LogP contribution in [-0.4, -0.2) is 30.1 Å². The van der Waals surface area contributed by atoms with Crippen LogP contribution in [0.1, 0.15) is 6.42 Å². The van der Waals surface area contributed by atoms with E-state index in [1.165, 1.54) is 0 Å². The molecule has 0 aliphatic carbocycles. The number of amides is 1. The fourth-order valence-electron chi connectivity index (χ4n) is 0.649. The van der Waals surface area contributed by atoms with Crippen LogP contribution in [0, 0.1) is 0 Å². The third-order valence-electron chi connectivity index (χ3n) is 1.20. The van der Waals surface area contributed by atoms with E-state index in [0.717, 1.165) is 6.08 Å². The minimum Gasteiger partial charge on any atom is -0.512 e. The molecule has 0 saturated carbocycles.